The number of halogens is 1. The number of aromatic nitrogens is 2. The van der Waals surface area contributed by atoms with Crippen molar-refractivity contribution in [3.05, 3.63) is 75.4 Å². The SMILES string of the molecule is COC(=O)c1sc(-c2cnc3ccc(CO)cn23)cc1O[C@H](C)c1ccc(COC(C)=O)cc1Cl. The van der Waals surface area contributed by atoms with Gasteiger partial charge < -0.3 is 19.3 Å². The van der Waals surface area contributed by atoms with E-state index in [1.165, 1.54) is 25.4 Å². The van der Waals surface area contributed by atoms with Crippen LogP contribution in [-0.4, -0.2) is 33.5 Å². The Morgan fingerprint density at radius 3 is 2.66 bits per heavy atom. The Morgan fingerprint density at radius 2 is 1.97 bits per heavy atom. The number of carbonyl (C=O) groups excluding carboxylic acids is 2. The molecule has 182 valence electrons. The summed E-state index contributed by atoms with van der Waals surface area (Å²) in [7, 11) is 1.31. The van der Waals surface area contributed by atoms with Crippen molar-refractivity contribution in [3.8, 4) is 16.3 Å². The molecule has 8 nitrogen and oxygen atoms in total. The molecule has 0 bridgehead atoms. The van der Waals surface area contributed by atoms with Gasteiger partial charge in [0.2, 0.25) is 0 Å². The molecule has 1 aromatic carbocycles. The Labute approximate surface area is 210 Å². The van der Waals surface area contributed by atoms with Crippen LogP contribution in [0.1, 0.15) is 46.3 Å². The van der Waals surface area contributed by atoms with E-state index in [-0.39, 0.29) is 19.2 Å². The molecule has 0 aliphatic carbocycles. The third kappa shape index (κ3) is 5.32. The van der Waals surface area contributed by atoms with Crippen molar-refractivity contribution in [2.75, 3.05) is 7.11 Å². The van der Waals surface area contributed by atoms with Gasteiger partial charge in [-0.15, -0.1) is 11.3 Å². The molecule has 1 atom stereocenters. The molecule has 0 fully saturated rings. The van der Waals surface area contributed by atoms with Crippen LogP contribution in [0.25, 0.3) is 16.2 Å². The molecule has 0 radical (unpaired) electrons. The highest BCUT2D eigenvalue weighted by atomic mass is 35.5. The maximum atomic E-state index is 12.5. The Morgan fingerprint density at radius 1 is 1.20 bits per heavy atom. The molecule has 0 saturated carbocycles. The normalized spacial score (nSPS) is 11.9. The Kier molecular flexibility index (Phi) is 7.39. The number of hydrogen-bond donors (Lipinski definition) is 1. The molecule has 0 saturated heterocycles. The van der Waals surface area contributed by atoms with E-state index in [0.717, 1.165) is 21.7 Å². The van der Waals surface area contributed by atoms with Crippen LogP contribution in [0.4, 0.5) is 0 Å². The lowest BCUT2D eigenvalue weighted by atomic mass is 10.1. The molecule has 4 aromatic rings. The number of pyridine rings is 1. The maximum absolute atomic E-state index is 12.5. The number of benzene rings is 1. The minimum Gasteiger partial charge on any atom is -0.484 e. The first kappa shape index (κ1) is 24.7. The van der Waals surface area contributed by atoms with Gasteiger partial charge in [0.15, 0.2) is 4.88 Å². The fourth-order valence-corrected chi connectivity index (χ4v) is 4.93. The molecular formula is C25H23ClN2O6S. The largest absolute Gasteiger partial charge is 0.484 e. The molecule has 0 aliphatic heterocycles. The molecule has 1 N–H and O–H groups in total. The summed E-state index contributed by atoms with van der Waals surface area (Å²) in [6.07, 6.45) is 3.02. The fraction of sp³-hybridized carbons (Fsp3) is 0.240. The van der Waals surface area contributed by atoms with Gasteiger partial charge in [0.1, 0.15) is 24.1 Å². The smallest absolute Gasteiger partial charge is 0.351 e. The van der Waals surface area contributed by atoms with E-state index < -0.39 is 12.1 Å². The molecule has 4 rings (SSSR count). The Hall–Kier alpha value is -3.40. The standard InChI is InChI=1S/C25H23ClN2O6S/c1-14(18-6-4-16(8-19(18)26)13-33-15(2)30)34-21-9-22(35-24(21)25(31)32-3)20-10-27-23-7-5-17(12-29)11-28(20)23/h4-11,14,29H,12-13H2,1-3H3/t14-/m1/s1. The monoisotopic (exact) mass is 514 g/mol. The van der Waals surface area contributed by atoms with Crippen molar-refractivity contribution in [3.63, 3.8) is 0 Å². The van der Waals surface area contributed by atoms with Crippen molar-refractivity contribution in [1.29, 1.82) is 0 Å². The molecule has 3 heterocycles. The zero-order valence-electron chi connectivity index (χ0n) is 19.3. The van der Waals surface area contributed by atoms with E-state index >= 15 is 0 Å². The first-order valence-corrected chi connectivity index (χ1v) is 11.9. The number of imidazole rings is 1. The predicted molar refractivity (Wildman–Crippen MR) is 132 cm³/mol. The maximum Gasteiger partial charge on any atom is 0.351 e. The van der Waals surface area contributed by atoms with Crippen LogP contribution in [0.5, 0.6) is 5.75 Å². The number of ether oxygens (including phenoxy) is 3. The van der Waals surface area contributed by atoms with Gasteiger partial charge in [0.25, 0.3) is 0 Å². The van der Waals surface area contributed by atoms with Crippen molar-refractivity contribution in [1.82, 2.24) is 9.38 Å². The number of carbonyl (C=O) groups is 2. The molecule has 35 heavy (non-hydrogen) atoms. The zero-order valence-corrected chi connectivity index (χ0v) is 20.9. The molecule has 3 aromatic heterocycles. The van der Waals surface area contributed by atoms with Gasteiger partial charge in [0.05, 0.1) is 30.5 Å². The van der Waals surface area contributed by atoms with Crippen LogP contribution in [-0.2, 0) is 27.5 Å². The van der Waals surface area contributed by atoms with Gasteiger partial charge in [0, 0.05) is 29.8 Å². The van der Waals surface area contributed by atoms with Crippen molar-refractivity contribution in [2.24, 2.45) is 0 Å². The lowest BCUT2D eigenvalue weighted by Gasteiger charge is -2.17. The van der Waals surface area contributed by atoms with E-state index in [0.29, 0.717) is 26.9 Å². The third-order valence-corrected chi connectivity index (χ3v) is 6.77. The summed E-state index contributed by atoms with van der Waals surface area (Å²) in [4.78, 5) is 29.0. The second-order valence-electron chi connectivity index (χ2n) is 7.76. The number of thiophene rings is 1. The second kappa shape index (κ2) is 10.5. The first-order valence-electron chi connectivity index (χ1n) is 10.7. The van der Waals surface area contributed by atoms with Crippen LogP contribution < -0.4 is 4.74 Å². The van der Waals surface area contributed by atoms with Gasteiger partial charge in [-0.2, -0.15) is 0 Å². The first-order chi connectivity index (χ1) is 16.8. The highest BCUT2D eigenvalue weighted by Gasteiger charge is 2.23. The van der Waals surface area contributed by atoms with Crippen molar-refractivity contribution < 1.29 is 28.9 Å². The average Bonchev–Trinajstić information content (AvgIpc) is 3.45. The molecule has 0 spiro atoms. The highest BCUT2D eigenvalue weighted by molar-refractivity contribution is 7.17. The van der Waals surface area contributed by atoms with Crippen LogP contribution in [0.2, 0.25) is 5.02 Å². The Balaban J connectivity index is 1.65. The number of hydrogen-bond acceptors (Lipinski definition) is 8. The minimum absolute atomic E-state index is 0.0995. The second-order valence-corrected chi connectivity index (χ2v) is 9.22. The van der Waals surface area contributed by atoms with Crippen LogP contribution in [0.15, 0.2) is 48.8 Å². The molecule has 0 aliphatic rings. The molecular weight excluding hydrogens is 492 g/mol. The summed E-state index contributed by atoms with van der Waals surface area (Å²) in [6.45, 7) is 3.20. The van der Waals surface area contributed by atoms with Crippen molar-refractivity contribution in [2.45, 2.75) is 33.2 Å². The predicted octanol–water partition coefficient (Wildman–Crippen LogP) is 5.20. The summed E-state index contributed by atoms with van der Waals surface area (Å²) in [6, 6.07) is 10.7. The number of nitrogens with zero attached hydrogens (tertiary/aromatic N) is 2. The third-order valence-electron chi connectivity index (χ3n) is 5.32. The summed E-state index contributed by atoms with van der Waals surface area (Å²) in [5.41, 5.74) is 3.66. The minimum atomic E-state index is -0.517. The number of aliphatic hydroxyl groups excluding tert-OH is 1. The van der Waals surface area contributed by atoms with Gasteiger partial charge in [-0.3, -0.25) is 9.20 Å². The molecule has 0 amide bonds. The number of methoxy groups -OCH3 is 1. The number of rotatable bonds is 8. The lowest BCUT2D eigenvalue weighted by Crippen LogP contribution is -2.07. The van der Waals surface area contributed by atoms with Gasteiger partial charge >= 0.3 is 11.9 Å². The summed E-state index contributed by atoms with van der Waals surface area (Å²) in [5, 5.41) is 9.96. The van der Waals surface area contributed by atoms with Crippen LogP contribution in [0, 0.1) is 0 Å². The number of esters is 2. The Bertz CT molecular complexity index is 1400. The lowest BCUT2D eigenvalue weighted by molar-refractivity contribution is -0.142. The van der Waals surface area contributed by atoms with Gasteiger partial charge in [-0.25, -0.2) is 9.78 Å². The quantitative estimate of drug-likeness (QED) is 0.323. The average molecular weight is 515 g/mol. The topological polar surface area (TPSA) is 99.4 Å². The van der Waals surface area contributed by atoms with Crippen LogP contribution in [0.3, 0.4) is 0 Å². The van der Waals surface area contributed by atoms with Crippen molar-refractivity contribution >= 4 is 40.5 Å². The highest BCUT2D eigenvalue weighted by Crippen LogP contribution is 2.39. The number of fused-ring (bicyclic) bond motifs is 1. The van der Waals surface area contributed by atoms with Gasteiger partial charge in [-0.1, -0.05) is 29.8 Å². The van der Waals surface area contributed by atoms with E-state index in [1.807, 2.05) is 17.4 Å². The summed E-state index contributed by atoms with van der Waals surface area (Å²) >= 11 is 7.70. The van der Waals surface area contributed by atoms with E-state index in [1.54, 1.807) is 42.7 Å². The van der Waals surface area contributed by atoms with E-state index in [9.17, 15) is 14.7 Å². The molecule has 10 heteroatoms. The van der Waals surface area contributed by atoms with Gasteiger partial charge in [-0.05, 0) is 30.2 Å². The van der Waals surface area contributed by atoms with Crippen LogP contribution >= 0.6 is 22.9 Å². The summed E-state index contributed by atoms with van der Waals surface area (Å²) in [5.74, 6) is -0.530. The fourth-order valence-electron chi connectivity index (χ4n) is 3.55. The van der Waals surface area contributed by atoms with E-state index in [2.05, 4.69) is 4.98 Å². The zero-order chi connectivity index (χ0) is 25.1. The molecule has 0 unspecified atom stereocenters. The number of aliphatic hydroxyl groups is 1. The van der Waals surface area contributed by atoms with E-state index in [4.69, 9.17) is 25.8 Å². The summed E-state index contributed by atoms with van der Waals surface area (Å²) < 4.78 is 18.0.